The highest BCUT2D eigenvalue weighted by Gasteiger charge is 2.30. The molecule has 3 nitrogen and oxygen atoms in total. The Balaban J connectivity index is 2.01. The molecule has 0 N–H and O–H groups in total. The van der Waals surface area contributed by atoms with Gasteiger partial charge < -0.3 is 9.26 Å². The average molecular weight is 215 g/mol. The molecule has 0 bridgehead atoms. The van der Waals surface area contributed by atoms with Crippen LogP contribution in [0, 0.1) is 13.8 Å². The molecule has 0 radical (unpaired) electrons. The average Bonchev–Trinajstić information content (AvgIpc) is 2.84. The third kappa shape index (κ3) is 1.36. The van der Waals surface area contributed by atoms with Gasteiger partial charge in [0.2, 0.25) is 0 Å². The van der Waals surface area contributed by atoms with Gasteiger partial charge in [-0.05, 0) is 19.4 Å². The molecule has 1 atom stereocenters. The lowest BCUT2D eigenvalue weighted by molar-refractivity contribution is 0.0854. The van der Waals surface area contributed by atoms with Gasteiger partial charge in [0.15, 0.2) is 0 Å². The molecule has 1 aliphatic heterocycles. The molecule has 82 valence electrons. The molecule has 1 unspecified atom stereocenters. The number of ether oxygens (including phenoxy) is 1. The van der Waals surface area contributed by atoms with Crippen molar-refractivity contribution in [1.82, 2.24) is 5.16 Å². The molecule has 0 amide bonds. The highest BCUT2D eigenvalue weighted by Crippen LogP contribution is 2.36. The molecule has 3 rings (SSSR count). The van der Waals surface area contributed by atoms with Gasteiger partial charge in [-0.15, -0.1) is 0 Å². The van der Waals surface area contributed by atoms with E-state index in [1.807, 2.05) is 6.92 Å². The van der Waals surface area contributed by atoms with E-state index in [1.54, 1.807) is 0 Å². The summed E-state index contributed by atoms with van der Waals surface area (Å²) in [5, 5.41) is 4.08. The number of rotatable bonds is 1. The lowest BCUT2D eigenvalue weighted by atomic mass is 10.0. The van der Waals surface area contributed by atoms with Crippen molar-refractivity contribution in [2.45, 2.75) is 26.6 Å². The predicted molar refractivity (Wildman–Crippen MR) is 59.1 cm³/mol. The third-order valence-corrected chi connectivity index (χ3v) is 3.04. The van der Waals surface area contributed by atoms with Crippen LogP contribution < -0.4 is 0 Å². The minimum atomic E-state index is -0.0620. The molecular weight excluding hydrogens is 202 g/mol. The van der Waals surface area contributed by atoms with Gasteiger partial charge in [0, 0.05) is 5.56 Å². The van der Waals surface area contributed by atoms with E-state index >= 15 is 0 Å². The second kappa shape index (κ2) is 3.46. The predicted octanol–water partition coefficient (Wildman–Crippen LogP) is 2.91. The number of fused-ring (bicyclic) bond motifs is 1. The van der Waals surface area contributed by atoms with Crippen LogP contribution in [0.2, 0.25) is 0 Å². The van der Waals surface area contributed by atoms with Crippen molar-refractivity contribution < 1.29 is 9.26 Å². The van der Waals surface area contributed by atoms with Crippen LogP contribution in [0.5, 0.6) is 0 Å². The number of hydrogen-bond donors (Lipinski definition) is 0. The van der Waals surface area contributed by atoms with E-state index in [1.165, 1.54) is 5.56 Å². The summed E-state index contributed by atoms with van der Waals surface area (Å²) in [5.41, 5.74) is 4.42. The molecule has 3 heteroatoms. The van der Waals surface area contributed by atoms with Gasteiger partial charge in [-0.1, -0.05) is 35.0 Å². The lowest BCUT2D eigenvalue weighted by Crippen LogP contribution is -1.99. The summed E-state index contributed by atoms with van der Waals surface area (Å²) < 4.78 is 10.9. The van der Waals surface area contributed by atoms with Gasteiger partial charge in [-0.3, -0.25) is 0 Å². The first-order valence-electron chi connectivity index (χ1n) is 5.39. The SMILES string of the molecule is Cc1ccc(C2OCc3c2noc3C)cc1. The maximum Gasteiger partial charge on any atom is 0.139 e. The van der Waals surface area contributed by atoms with Crippen molar-refractivity contribution in [3.63, 3.8) is 0 Å². The third-order valence-electron chi connectivity index (χ3n) is 3.04. The molecule has 0 saturated carbocycles. The summed E-state index contributed by atoms with van der Waals surface area (Å²) >= 11 is 0. The van der Waals surface area contributed by atoms with Gasteiger partial charge >= 0.3 is 0 Å². The Hall–Kier alpha value is -1.61. The van der Waals surface area contributed by atoms with E-state index in [2.05, 4.69) is 36.3 Å². The van der Waals surface area contributed by atoms with Crippen molar-refractivity contribution >= 4 is 0 Å². The quantitative estimate of drug-likeness (QED) is 0.733. The molecule has 1 aliphatic rings. The minimum Gasteiger partial charge on any atom is -0.362 e. The Labute approximate surface area is 94.0 Å². The zero-order valence-corrected chi connectivity index (χ0v) is 9.36. The standard InChI is InChI=1S/C13H13NO2/c1-8-3-5-10(6-4-8)13-12-11(7-15-13)9(2)16-14-12/h3-6,13H,7H2,1-2H3. The number of nitrogens with zero attached hydrogens (tertiary/aromatic N) is 1. The van der Waals surface area contributed by atoms with Crippen LogP contribution in [0.4, 0.5) is 0 Å². The van der Waals surface area contributed by atoms with Crippen LogP contribution >= 0.6 is 0 Å². The minimum absolute atomic E-state index is 0.0620. The van der Waals surface area contributed by atoms with Crippen molar-refractivity contribution in [1.29, 1.82) is 0 Å². The number of aromatic nitrogens is 1. The first-order valence-corrected chi connectivity index (χ1v) is 5.39. The molecule has 0 spiro atoms. The van der Waals surface area contributed by atoms with Crippen LogP contribution in [0.1, 0.15) is 34.2 Å². The monoisotopic (exact) mass is 215 g/mol. The summed E-state index contributed by atoms with van der Waals surface area (Å²) in [4.78, 5) is 0. The summed E-state index contributed by atoms with van der Waals surface area (Å²) in [5.74, 6) is 0.865. The molecule has 16 heavy (non-hydrogen) atoms. The highest BCUT2D eigenvalue weighted by atomic mass is 16.5. The van der Waals surface area contributed by atoms with Gasteiger partial charge in [-0.2, -0.15) is 0 Å². The topological polar surface area (TPSA) is 35.3 Å². The van der Waals surface area contributed by atoms with E-state index in [4.69, 9.17) is 9.26 Å². The maximum atomic E-state index is 5.75. The molecule has 2 heterocycles. The molecule has 0 saturated heterocycles. The molecule has 1 aromatic carbocycles. The Morgan fingerprint density at radius 1 is 1.19 bits per heavy atom. The van der Waals surface area contributed by atoms with Gasteiger partial charge in [0.25, 0.3) is 0 Å². The fourth-order valence-corrected chi connectivity index (χ4v) is 2.03. The van der Waals surface area contributed by atoms with Gasteiger partial charge in [-0.25, -0.2) is 0 Å². The van der Waals surface area contributed by atoms with Gasteiger partial charge in [0.05, 0.1) is 6.61 Å². The zero-order chi connectivity index (χ0) is 11.1. The van der Waals surface area contributed by atoms with Crippen LogP contribution in [-0.2, 0) is 11.3 Å². The van der Waals surface area contributed by atoms with Gasteiger partial charge in [0.1, 0.15) is 17.6 Å². The fourth-order valence-electron chi connectivity index (χ4n) is 2.03. The number of aryl methyl sites for hydroxylation is 2. The number of benzene rings is 1. The molecule has 2 aromatic rings. The van der Waals surface area contributed by atoms with Crippen LogP contribution in [-0.4, -0.2) is 5.16 Å². The lowest BCUT2D eigenvalue weighted by Gasteiger charge is -2.09. The molecular formula is C13H13NO2. The van der Waals surface area contributed by atoms with E-state index in [0.717, 1.165) is 22.6 Å². The van der Waals surface area contributed by atoms with E-state index in [9.17, 15) is 0 Å². The molecule has 1 aromatic heterocycles. The summed E-state index contributed by atoms with van der Waals surface area (Å²) in [6, 6.07) is 8.34. The smallest absolute Gasteiger partial charge is 0.139 e. The summed E-state index contributed by atoms with van der Waals surface area (Å²) in [7, 11) is 0. The maximum absolute atomic E-state index is 5.75. The van der Waals surface area contributed by atoms with Crippen molar-refractivity contribution in [2.75, 3.05) is 0 Å². The Bertz CT molecular complexity index is 513. The van der Waals surface area contributed by atoms with Crippen LogP contribution in [0.3, 0.4) is 0 Å². The second-order valence-corrected chi connectivity index (χ2v) is 4.20. The first kappa shape index (κ1) is 9.60. The van der Waals surface area contributed by atoms with Crippen molar-refractivity contribution in [2.24, 2.45) is 0 Å². The Kier molecular flexibility index (Phi) is 2.07. The zero-order valence-electron chi connectivity index (χ0n) is 9.36. The Morgan fingerprint density at radius 2 is 1.94 bits per heavy atom. The van der Waals surface area contributed by atoms with Crippen molar-refractivity contribution in [3.8, 4) is 0 Å². The normalized spacial score (nSPS) is 18.8. The first-order chi connectivity index (χ1) is 7.75. The van der Waals surface area contributed by atoms with Crippen molar-refractivity contribution in [3.05, 3.63) is 52.4 Å². The van der Waals surface area contributed by atoms with E-state index in [0.29, 0.717) is 6.61 Å². The molecule has 0 aliphatic carbocycles. The summed E-state index contributed by atoms with van der Waals surface area (Å²) in [6.45, 7) is 4.60. The largest absolute Gasteiger partial charge is 0.362 e. The highest BCUT2D eigenvalue weighted by molar-refractivity contribution is 5.35. The number of hydrogen-bond acceptors (Lipinski definition) is 3. The summed E-state index contributed by atoms with van der Waals surface area (Å²) in [6.07, 6.45) is -0.0620. The van der Waals surface area contributed by atoms with Crippen LogP contribution in [0.25, 0.3) is 0 Å². The second-order valence-electron chi connectivity index (χ2n) is 4.20. The van der Waals surface area contributed by atoms with E-state index in [-0.39, 0.29) is 6.10 Å². The Morgan fingerprint density at radius 3 is 2.69 bits per heavy atom. The van der Waals surface area contributed by atoms with E-state index < -0.39 is 0 Å². The fraction of sp³-hybridized carbons (Fsp3) is 0.308. The van der Waals surface area contributed by atoms with Crippen LogP contribution in [0.15, 0.2) is 28.8 Å². The molecule has 0 fully saturated rings.